The average molecular weight is 205 g/mol. The van der Waals surface area contributed by atoms with Crippen molar-refractivity contribution >= 4 is 0 Å². The highest BCUT2D eigenvalue weighted by molar-refractivity contribution is 5.39. The Morgan fingerprint density at radius 1 is 1.33 bits per heavy atom. The van der Waals surface area contributed by atoms with Gasteiger partial charge < -0.3 is 4.74 Å². The van der Waals surface area contributed by atoms with E-state index in [2.05, 4.69) is 44.0 Å². The van der Waals surface area contributed by atoms with E-state index in [0.717, 1.165) is 12.2 Å². The Bertz CT molecular complexity index is 362. The van der Waals surface area contributed by atoms with E-state index < -0.39 is 0 Å². The van der Waals surface area contributed by atoms with Crippen molar-refractivity contribution in [3.05, 3.63) is 29.3 Å². The molecular formula is C13H19NO. The van der Waals surface area contributed by atoms with Crippen LogP contribution < -0.4 is 4.74 Å². The van der Waals surface area contributed by atoms with Crippen LogP contribution in [-0.2, 0) is 6.42 Å². The van der Waals surface area contributed by atoms with Gasteiger partial charge in [0.2, 0.25) is 0 Å². The van der Waals surface area contributed by atoms with E-state index in [0.29, 0.717) is 12.1 Å². The van der Waals surface area contributed by atoms with Crippen molar-refractivity contribution in [1.29, 1.82) is 0 Å². The summed E-state index contributed by atoms with van der Waals surface area (Å²) in [7, 11) is 3.92. The van der Waals surface area contributed by atoms with E-state index in [1.54, 1.807) is 7.11 Å². The van der Waals surface area contributed by atoms with Crippen LogP contribution in [-0.4, -0.2) is 25.1 Å². The minimum atomic E-state index is 0.485. The first-order valence-corrected chi connectivity index (χ1v) is 5.52. The third-order valence-electron chi connectivity index (χ3n) is 3.62. The zero-order valence-corrected chi connectivity index (χ0v) is 9.95. The Morgan fingerprint density at radius 3 is 2.73 bits per heavy atom. The molecule has 0 spiro atoms. The van der Waals surface area contributed by atoms with Crippen molar-refractivity contribution in [1.82, 2.24) is 4.90 Å². The van der Waals surface area contributed by atoms with Gasteiger partial charge in [0, 0.05) is 12.1 Å². The molecule has 0 bridgehead atoms. The Morgan fingerprint density at radius 2 is 2.07 bits per heavy atom. The van der Waals surface area contributed by atoms with Gasteiger partial charge in [-0.15, -0.1) is 0 Å². The predicted octanol–water partition coefficient (Wildman–Crippen LogP) is 2.63. The number of nitrogens with zero attached hydrogens (tertiary/aromatic N) is 1. The minimum absolute atomic E-state index is 0.485. The highest BCUT2D eigenvalue weighted by atomic mass is 16.5. The molecule has 1 heterocycles. The number of likely N-dealkylation sites (N-methyl/N-ethyl adjacent to an activating group) is 1. The molecule has 0 aromatic heterocycles. The summed E-state index contributed by atoms with van der Waals surface area (Å²) in [4.78, 5) is 2.42. The van der Waals surface area contributed by atoms with Crippen LogP contribution >= 0.6 is 0 Å². The van der Waals surface area contributed by atoms with E-state index in [-0.39, 0.29) is 0 Å². The maximum atomic E-state index is 5.27. The lowest BCUT2D eigenvalue weighted by Crippen LogP contribution is -2.37. The van der Waals surface area contributed by atoms with Gasteiger partial charge >= 0.3 is 0 Å². The minimum Gasteiger partial charge on any atom is -0.497 e. The van der Waals surface area contributed by atoms with Crippen LogP contribution in [0.1, 0.15) is 31.0 Å². The third kappa shape index (κ3) is 1.74. The number of rotatable bonds is 1. The summed E-state index contributed by atoms with van der Waals surface area (Å²) >= 11 is 0. The monoisotopic (exact) mass is 205 g/mol. The second-order valence-corrected chi connectivity index (χ2v) is 4.46. The molecule has 0 saturated heterocycles. The molecule has 1 aromatic carbocycles. The molecule has 1 aliphatic rings. The average Bonchev–Trinajstić information content (AvgIpc) is 2.26. The summed E-state index contributed by atoms with van der Waals surface area (Å²) < 4.78 is 5.27. The lowest BCUT2D eigenvalue weighted by Gasteiger charge is -2.37. The maximum Gasteiger partial charge on any atom is 0.119 e. The summed E-state index contributed by atoms with van der Waals surface area (Å²) in [5.41, 5.74) is 2.88. The molecule has 0 N–H and O–H groups in total. The van der Waals surface area contributed by atoms with Crippen LogP contribution in [0.3, 0.4) is 0 Å². The molecular weight excluding hydrogens is 186 g/mol. The van der Waals surface area contributed by atoms with Crippen molar-refractivity contribution in [2.24, 2.45) is 0 Å². The number of ether oxygens (including phenoxy) is 1. The highest BCUT2D eigenvalue weighted by Crippen LogP contribution is 2.33. The molecule has 2 unspecified atom stereocenters. The number of methoxy groups -OCH3 is 1. The normalized spacial score (nSPS) is 26.1. The molecule has 0 saturated carbocycles. The van der Waals surface area contributed by atoms with Crippen LogP contribution in [0.25, 0.3) is 0 Å². The third-order valence-corrected chi connectivity index (χ3v) is 3.62. The molecule has 2 heteroatoms. The van der Waals surface area contributed by atoms with Crippen LogP contribution in [0.5, 0.6) is 5.75 Å². The topological polar surface area (TPSA) is 12.5 Å². The first-order valence-electron chi connectivity index (χ1n) is 5.52. The molecule has 1 aromatic rings. The Balaban J connectivity index is 2.42. The number of hydrogen-bond donors (Lipinski definition) is 0. The molecule has 82 valence electrons. The quantitative estimate of drug-likeness (QED) is 0.699. The van der Waals surface area contributed by atoms with Gasteiger partial charge in [0.15, 0.2) is 0 Å². The van der Waals surface area contributed by atoms with Crippen molar-refractivity contribution in [3.8, 4) is 5.75 Å². The standard InChI is InChI=1S/C13H19NO/c1-9-7-11-5-6-12(15-4)8-13(11)10(2)14(9)3/h5-6,8-10H,7H2,1-4H3. The second kappa shape index (κ2) is 3.86. The van der Waals surface area contributed by atoms with Gasteiger partial charge in [-0.25, -0.2) is 0 Å². The van der Waals surface area contributed by atoms with E-state index >= 15 is 0 Å². The summed E-state index contributed by atoms with van der Waals surface area (Å²) in [6, 6.07) is 7.54. The Hall–Kier alpha value is -1.02. The Labute approximate surface area is 91.9 Å². The molecule has 15 heavy (non-hydrogen) atoms. The fourth-order valence-corrected chi connectivity index (χ4v) is 2.34. The number of hydrogen-bond acceptors (Lipinski definition) is 2. The smallest absolute Gasteiger partial charge is 0.119 e. The van der Waals surface area contributed by atoms with Crippen molar-refractivity contribution in [2.75, 3.05) is 14.2 Å². The molecule has 0 amide bonds. The summed E-state index contributed by atoms with van der Waals surface area (Å²) in [5.74, 6) is 0.962. The van der Waals surface area contributed by atoms with Crippen LogP contribution in [0.15, 0.2) is 18.2 Å². The first kappa shape index (κ1) is 10.5. The SMILES string of the molecule is COc1ccc2c(c1)C(C)N(C)C(C)C2. The van der Waals surface area contributed by atoms with Crippen molar-refractivity contribution < 1.29 is 4.74 Å². The zero-order chi connectivity index (χ0) is 11.0. The second-order valence-electron chi connectivity index (χ2n) is 4.46. The van der Waals surface area contributed by atoms with E-state index in [4.69, 9.17) is 4.74 Å². The van der Waals surface area contributed by atoms with Crippen molar-refractivity contribution in [2.45, 2.75) is 32.4 Å². The lowest BCUT2D eigenvalue weighted by atomic mass is 9.90. The van der Waals surface area contributed by atoms with E-state index in [1.807, 2.05) is 0 Å². The van der Waals surface area contributed by atoms with Gasteiger partial charge in [0.25, 0.3) is 0 Å². The van der Waals surface area contributed by atoms with E-state index in [9.17, 15) is 0 Å². The zero-order valence-electron chi connectivity index (χ0n) is 9.95. The molecule has 1 aliphatic heterocycles. The largest absolute Gasteiger partial charge is 0.497 e. The fraction of sp³-hybridized carbons (Fsp3) is 0.538. The molecule has 2 atom stereocenters. The fourth-order valence-electron chi connectivity index (χ4n) is 2.34. The number of fused-ring (bicyclic) bond motifs is 1. The lowest BCUT2D eigenvalue weighted by molar-refractivity contribution is 0.179. The van der Waals surface area contributed by atoms with Gasteiger partial charge in [-0.1, -0.05) is 6.07 Å². The van der Waals surface area contributed by atoms with Gasteiger partial charge in [-0.05, 0) is 50.6 Å². The van der Waals surface area contributed by atoms with E-state index in [1.165, 1.54) is 11.1 Å². The van der Waals surface area contributed by atoms with Gasteiger partial charge in [0.05, 0.1) is 7.11 Å². The predicted molar refractivity (Wildman–Crippen MR) is 62.3 cm³/mol. The van der Waals surface area contributed by atoms with Gasteiger partial charge in [-0.3, -0.25) is 4.90 Å². The summed E-state index contributed by atoms with van der Waals surface area (Å²) in [6.07, 6.45) is 1.14. The first-order chi connectivity index (χ1) is 7.13. The summed E-state index contributed by atoms with van der Waals surface area (Å²) in [5, 5.41) is 0. The Kier molecular flexibility index (Phi) is 2.70. The van der Waals surface area contributed by atoms with Crippen molar-refractivity contribution in [3.63, 3.8) is 0 Å². The maximum absolute atomic E-state index is 5.27. The molecule has 2 nitrogen and oxygen atoms in total. The van der Waals surface area contributed by atoms with Crippen LogP contribution in [0, 0.1) is 0 Å². The molecule has 2 rings (SSSR count). The molecule has 0 aliphatic carbocycles. The summed E-state index contributed by atoms with van der Waals surface area (Å²) in [6.45, 7) is 4.54. The van der Waals surface area contributed by atoms with Gasteiger partial charge in [-0.2, -0.15) is 0 Å². The highest BCUT2D eigenvalue weighted by Gasteiger charge is 2.26. The van der Waals surface area contributed by atoms with Gasteiger partial charge in [0.1, 0.15) is 5.75 Å². The van der Waals surface area contributed by atoms with Crippen LogP contribution in [0.4, 0.5) is 0 Å². The molecule has 0 fully saturated rings. The molecule has 0 radical (unpaired) electrons. The van der Waals surface area contributed by atoms with Crippen LogP contribution in [0.2, 0.25) is 0 Å². The number of benzene rings is 1.